The van der Waals surface area contributed by atoms with Gasteiger partial charge in [-0.2, -0.15) is 0 Å². The molecule has 0 bridgehead atoms. The third-order valence-electron chi connectivity index (χ3n) is 3.80. The van der Waals surface area contributed by atoms with E-state index in [9.17, 15) is 0 Å². The molecular weight excluding hydrogens is 248 g/mol. The van der Waals surface area contributed by atoms with E-state index in [2.05, 4.69) is 53.5 Å². The standard InChI is InChI=1S/C16H20N4/c1-10-6-11(2)15(12(3)7-10)20-16-13-8-17-5-4-14(13)18-9-19-16/h6-7,9,17H,4-5,8H2,1-3H3,(H,18,19,20). The molecule has 0 atom stereocenters. The van der Waals surface area contributed by atoms with E-state index in [0.717, 1.165) is 36.7 Å². The van der Waals surface area contributed by atoms with Crippen LogP contribution in [0, 0.1) is 20.8 Å². The Bertz CT molecular complexity index is 626. The number of benzene rings is 1. The van der Waals surface area contributed by atoms with Crippen molar-refractivity contribution >= 4 is 11.5 Å². The predicted molar refractivity (Wildman–Crippen MR) is 81.4 cm³/mol. The number of anilines is 2. The molecular formula is C16H20N4. The third kappa shape index (κ3) is 2.39. The van der Waals surface area contributed by atoms with Gasteiger partial charge in [-0.25, -0.2) is 9.97 Å². The maximum atomic E-state index is 4.43. The van der Waals surface area contributed by atoms with Crippen molar-refractivity contribution in [2.24, 2.45) is 0 Å². The van der Waals surface area contributed by atoms with E-state index in [4.69, 9.17) is 0 Å². The Kier molecular flexibility index (Phi) is 3.40. The minimum absolute atomic E-state index is 0.836. The van der Waals surface area contributed by atoms with Crippen LogP contribution in [0.25, 0.3) is 0 Å². The number of aryl methyl sites for hydroxylation is 3. The van der Waals surface area contributed by atoms with Crippen molar-refractivity contribution in [3.8, 4) is 0 Å². The second kappa shape index (κ2) is 5.21. The smallest absolute Gasteiger partial charge is 0.138 e. The largest absolute Gasteiger partial charge is 0.339 e. The van der Waals surface area contributed by atoms with Crippen LogP contribution in [0.1, 0.15) is 27.9 Å². The highest BCUT2D eigenvalue weighted by Crippen LogP contribution is 2.28. The zero-order chi connectivity index (χ0) is 14.1. The number of fused-ring (bicyclic) bond motifs is 1. The molecule has 3 rings (SSSR count). The van der Waals surface area contributed by atoms with E-state index in [1.807, 2.05) is 0 Å². The summed E-state index contributed by atoms with van der Waals surface area (Å²) in [5, 5.41) is 6.89. The summed E-state index contributed by atoms with van der Waals surface area (Å²) in [6.45, 7) is 8.22. The van der Waals surface area contributed by atoms with Crippen LogP contribution < -0.4 is 10.6 Å². The molecule has 20 heavy (non-hydrogen) atoms. The first-order valence-electron chi connectivity index (χ1n) is 7.03. The lowest BCUT2D eigenvalue weighted by atomic mass is 10.0. The van der Waals surface area contributed by atoms with Crippen LogP contribution in [0.4, 0.5) is 11.5 Å². The molecule has 2 aromatic rings. The van der Waals surface area contributed by atoms with Crippen LogP contribution in [0.2, 0.25) is 0 Å². The van der Waals surface area contributed by atoms with E-state index in [0.29, 0.717) is 0 Å². The molecule has 4 nitrogen and oxygen atoms in total. The first-order chi connectivity index (χ1) is 9.65. The number of hydrogen-bond acceptors (Lipinski definition) is 4. The Morgan fingerprint density at radius 3 is 2.60 bits per heavy atom. The summed E-state index contributed by atoms with van der Waals surface area (Å²) in [5.41, 5.74) is 7.29. The lowest BCUT2D eigenvalue weighted by molar-refractivity contribution is 0.627. The molecule has 0 aliphatic carbocycles. The van der Waals surface area contributed by atoms with Gasteiger partial charge < -0.3 is 10.6 Å². The molecule has 4 heteroatoms. The number of aromatic nitrogens is 2. The molecule has 0 fully saturated rings. The van der Waals surface area contributed by atoms with E-state index in [1.165, 1.54) is 22.3 Å². The molecule has 0 spiro atoms. The normalized spacial score (nSPS) is 13.9. The zero-order valence-electron chi connectivity index (χ0n) is 12.2. The van der Waals surface area contributed by atoms with E-state index in [-0.39, 0.29) is 0 Å². The van der Waals surface area contributed by atoms with E-state index in [1.54, 1.807) is 6.33 Å². The van der Waals surface area contributed by atoms with Gasteiger partial charge in [0.1, 0.15) is 12.1 Å². The van der Waals surface area contributed by atoms with Gasteiger partial charge in [0.05, 0.1) is 5.69 Å². The second-order valence-electron chi connectivity index (χ2n) is 5.47. The molecule has 0 saturated carbocycles. The Balaban J connectivity index is 2.00. The van der Waals surface area contributed by atoms with Gasteiger partial charge in [-0.05, 0) is 31.9 Å². The van der Waals surface area contributed by atoms with Crippen molar-refractivity contribution in [1.29, 1.82) is 0 Å². The molecule has 0 amide bonds. The van der Waals surface area contributed by atoms with Crippen molar-refractivity contribution in [1.82, 2.24) is 15.3 Å². The molecule has 1 aromatic carbocycles. The van der Waals surface area contributed by atoms with Crippen LogP contribution in [-0.2, 0) is 13.0 Å². The van der Waals surface area contributed by atoms with Gasteiger partial charge in [0, 0.05) is 30.8 Å². The summed E-state index contributed by atoms with van der Waals surface area (Å²) >= 11 is 0. The van der Waals surface area contributed by atoms with Crippen LogP contribution in [0.15, 0.2) is 18.5 Å². The van der Waals surface area contributed by atoms with Crippen molar-refractivity contribution < 1.29 is 0 Å². The number of hydrogen-bond donors (Lipinski definition) is 2. The molecule has 1 aromatic heterocycles. The fraction of sp³-hybridized carbons (Fsp3) is 0.375. The van der Waals surface area contributed by atoms with Crippen LogP contribution in [0.3, 0.4) is 0 Å². The van der Waals surface area contributed by atoms with Gasteiger partial charge in [-0.3, -0.25) is 0 Å². The molecule has 0 saturated heterocycles. The number of rotatable bonds is 2. The van der Waals surface area contributed by atoms with Crippen molar-refractivity contribution in [3.05, 3.63) is 46.4 Å². The summed E-state index contributed by atoms with van der Waals surface area (Å²) in [6, 6.07) is 4.39. The van der Waals surface area contributed by atoms with Gasteiger partial charge in [0.2, 0.25) is 0 Å². The maximum absolute atomic E-state index is 4.43. The molecule has 2 N–H and O–H groups in total. The van der Waals surface area contributed by atoms with Gasteiger partial charge in [0.25, 0.3) is 0 Å². The van der Waals surface area contributed by atoms with Gasteiger partial charge >= 0.3 is 0 Å². The first kappa shape index (κ1) is 13.1. The molecule has 1 aliphatic heterocycles. The Morgan fingerprint density at radius 1 is 1.10 bits per heavy atom. The average molecular weight is 268 g/mol. The lowest BCUT2D eigenvalue weighted by Gasteiger charge is -2.20. The Hall–Kier alpha value is -1.94. The summed E-state index contributed by atoms with van der Waals surface area (Å²) in [6.07, 6.45) is 2.63. The SMILES string of the molecule is Cc1cc(C)c(Nc2ncnc3c2CNCC3)c(C)c1. The monoisotopic (exact) mass is 268 g/mol. The van der Waals surface area contributed by atoms with Crippen molar-refractivity contribution in [2.45, 2.75) is 33.7 Å². The minimum Gasteiger partial charge on any atom is -0.339 e. The average Bonchev–Trinajstić information content (AvgIpc) is 2.43. The molecule has 2 heterocycles. The highest BCUT2D eigenvalue weighted by Gasteiger charge is 2.16. The highest BCUT2D eigenvalue weighted by molar-refractivity contribution is 5.67. The fourth-order valence-electron chi connectivity index (χ4n) is 2.87. The fourth-order valence-corrected chi connectivity index (χ4v) is 2.87. The van der Waals surface area contributed by atoms with Crippen molar-refractivity contribution in [3.63, 3.8) is 0 Å². The van der Waals surface area contributed by atoms with Gasteiger partial charge in [-0.1, -0.05) is 17.7 Å². The zero-order valence-corrected chi connectivity index (χ0v) is 12.2. The number of nitrogens with zero attached hydrogens (tertiary/aromatic N) is 2. The summed E-state index contributed by atoms with van der Waals surface area (Å²) in [5.74, 6) is 0.928. The van der Waals surface area contributed by atoms with Crippen LogP contribution in [0.5, 0.6) is 0 Å². The summed E-state index contributed by atoms with van der Waals surface area (Å²) < 4.78 is 0. The third-order valence-corrected chi connectivity index (χ3v) is 3.80. The van der Waals surface area contributed by atoms with E-state index < -0.39 is 0 Å². The minimum atomic E-state index is 0.836. The topological polar surface area (TPSA) is 49.8 Å². The summed E-state index contributed by atoms with van der Waals surface area (Å²) in [7, 11) is 0. The first-order valence-corrected chi connectivity index (χ1v) is 7.03. The molecule has 0 unspecified atom stereocenters. The van der Waals surface area contributed by atoms with Crippen LogP contribution in [-0.4, -0.2) is 16.5 Å². The second-order valence-corrected chi connectivity index (χ2v) is 5.47. The lowest BCUT2D eigenvalue weighted by Crippen LogP contribution is -2.25. The Labute approximate surface area is 119 Å². The maximum Gasteiger partial charge on any atom is 0.138 e. The predicted octanol–water partition coefficient (Wildman–Crippen LogP) is 2.79. The van der Waals surface area contributed by atoms with Crippen molar-refractivity contribution in [2.75, 3.05) is 11.9 Å². The van der Waals surface area contributed by atoms with E-state index >= 15 is 0 Å². The Morgan fingerprint density at radius 2 is 1.85 bits per heavy atom. The molecule has 1 aliphatic rings. The van der Waals surface area contributed by atoms with Gasteiger partial charge in [0.15, 0.2) is 0 Å². The van der Waals surface area contributed by atoms with Gasteiger partial charge in [-0.15, -0.1) is 0 Å². The number of nitrogens with one attached hydrogen (secondary N) is 2. The summed E-state index contributed by atoms with van der Waals surface area (Å²) in [4.78, 5) is 8.82. The highest BCUT2D eigenvalue weighted by atomic mass is 15.0. The molecule has 0 radical (unpaired) electrons. The molecule has 104 valence electrons. The quantitative estimate of drug-likeness (QED) is 0.879. The van der Waals surface area contributed by atoms with Crippen LogP contribution >= 0.6 is 0 Å².